The van der Waals surface area contributed by atoms with E-state index in [1.807, 2.05) is 29.8 Å². The van der Waals surface area contributed by atoms with E-state index in [0.29, 0.717) is 25.5 Å². The molecule has 2 aliphatic heterocycles. The molecule has 0 amide bonds. The minimum atomic E-state index is 0.238. The molecule has 0 bridgehead atoms. The normalized spacial score (nSPS) is 17.5. The summed E-state index contributed by atoms with van der Waals surface area (Å²) in [5.41, 5.74) is 0. The molecule has 162 valence electrons. The average Bonchev–Trinajstić information content (AvgIpc) is 3.37. The number of methoxy groups -OCH3 is 1. The smallest absolute Gasteiger partial charge is 0.231 e. The van der Waals surface area contributed by atoms with Gasteiger partial charge in [0.25, 0.3) is 0 Å². The van der Waals surface area contributed by atoms with E-state index < -0.39 is 0 Å². The van der Waals surface area contributed by atoms with Crippen molar-refractivity contribution in [3.8, 4) is 17.2 Å². The molecule has 2 N–H and O–H groups in total. The van der Waals surface area contributed by atoms with Crippen molar-refractivity contribution in [2.75, 3.05) is 33.6 Å². The lowest BCUT2D eigenvalue weighted by molar-refractivity contribution is 0.173. The maximum absolute atomic E-state index is 5.79. The molecule has 0 spiro atoms. The molecule has 1 atom stereocenters. The van der Waals surface area contributed by atoms with Crippen LogP contribution in [0.1, 0.15) is 25.0 Å². The fourth-order valence-electron chi connectivity index (χ4n) is 3.47. The van der Waals surface area contributed by atoms with E-state index in [9.17, 15) is 0 Å². The summed E-state index contributed by atoms with van der Waals surface area (Å²) in [5.74, 6) is 4.72. The zero-order chi connectivity index (χ0) is 20.8. The SMILES string of the molecule is CCNC(=NCCOc1ccc2c(c1)OCO2)NC1CCc2nc(COC)nn2C1. The first-order chi connectivity index (χ1) is 14.7. The molecule has 2 aromatic rings. The molecule has 30 heavy (non-hydrogen) atoms. The van der Waals surface area contributed by atoms with Gasteiger partial charge in [0.15, 0.2) is 23.3 Å². The van der Waals surface area contributed by atoms with Crippen molar-refractivity contribution in [1.82, 2.24) is 25.4 Å². The lowest BCUT2D eigenvalue weighted by atomic mass is 10.1. The topological polar surface area (TPSA) is 104 Å². The lowest BCUT2D eigenvalue weighted by Gasteiger charge is -2.25. The van der Waals surface area contributed by atoms with Gasteiger partial charge in [-0.1, -0.05) is 0 Å². The number of aromatic nitrogens is 3. The Bertz CT molecular complexity index is 884. The van der Waals surface area contributed by atoms with Gasteiger partial charge in [0.1, 0.15) is 24.8 Å². The van der Waals surface area contributed by atoms with Gasteiger partial charge in [0, 0.05) is 32.2 Å². The second-order valence-corrected chi connectivity index (χ2v) is 7.06. The van der Waals surface area contributed by atoms with Gasteiger partial charge < -0.3 is 29.6 Å². The van der Waals surface area contributed by atoms with Crippen molar-refractivity contribution in [2.45, 2.75) is 39.0 Å². The maximum Gasteiger partial charge on any atom is 0.231 e. The minimum absolute atomic E-state index is 0.238. The Morgan fingerprint density at radius 1 is 1.33 bits per heavy atom. The Morgan fingerprint density at radius 2 is 2.23 bits per heavy atom. The summed E-state index contributed by atoms with van der Waals surface area (Å²) in [5, 5.41) is 11.3. The quantitative estimate of drug-likeness (QED) is 0.375. The van der Waals surface area contributed by atoms with Crippen molar-refractivity contribution >= 4 is 5.96 Å². The molecule has 0 fully saturated rings. The van der Waals surface area contributed by atoms with Crippen molar-refractivity contribution in [3.63, 3.8) is 0 Å². The van der Waals surface area contributed by atoms with Crippen LogP contribution in [0.2, 0.25) is 0 Å². The molecule has 10 heteroatoms. The number of nitrogens with one attached hydrogen (secondary N) is 2. The van der Waals surface area contributed by atoms with Crippen molar-refractivity contribution < 1.29 is 18.9 Å². The van der Waals surface area contributed by atoms with Crippen LogP contribution < -0.4 is 24.8 Å². The highest BCUT2D eigenvalue weighted by Crippen LogP contribution is 2.34. The van der Waals surface area contributed by atoms with E-state index in [0.717, 1.165) is 55.0 Å². The Hall–Kier alpha value is -3.01. The van der Waals surface area contributed by atoms with E-state index in [4.69, 9.17) is 18.9 Å². The molecule has 4 rings (SSSR count). The van der Waals surface area contributed by atoms with E-state index in [2.05, 4.69) is 25.7 Å². The molecule has 1 unspecified atom stereocenters. The van der Waals surface area contributed by atoms with Crippen LogP contribution in [0.3, 0.4) is 0 Å². The molecule has 1 aromatic heterocycles. The summed E-state index contributed by atoms with van der Waals surface area (Å²) in [6, 6.07) is 5.80. The number of fused-ring (bicyclic) bond motifs is 2. The van der Waals surface area contributed by atoms with Crippen molar-refractivity contribution in [3.05, 3.63) is 29.8 Å². The molecule has 0 saturated carbocycles. The highest BCUT2D eigenvalue weighted by molar-refractivity contribution is 5.80. The first-order valence-electron chi connectivity index (χ1n) is 10.2. The van der Waals surface area contributed by atoms with E-state index >= 15 is 0 Å². The van der Waals surface area contributed by atoms with E-state index in [1.54, 1.807) is 7.11 Å². The number of hydrogen-bond acceptors (Lipinski definition) is 7. The van der Waals surface area contributed by atoms with Crippen LogP contribution in [0.4, 0.5) is 0 Å². The summed E-state index contributed by atoms with van der Waals surface area (Å²) < 4.78 is 23.6. The van der Waals surface area contributed by atoms with Crippen LogP contribution in [0.5, 0.6) is 17.2 Å². The molecule has 1 aromatic carbocycles. The first kappa shape index (κ1) is 20.3. The zero-order valence-corrected chi connectivity index (χ0v) is 17.4. The molecular weight excluding hydrogens is 388 g/mol. The fraction of sp³-hybridized carbons (Fsp3) is 0.550. The average molecular weight is 416 g/mol. The van der Waals surface area contributed by atoms with Gasteiger partial charge in [-0.15, -0.1) is 0 Å². The number of hydrogen-bond donors (Lipinski definition) is 2. The van der Waals surface area contributed by atoms with Gasteiger partial charge in [0.2, 0.25) is 6.79 Å². The Morgan fingerprint density at radius 3 is 3.10 bits per heavy atom. The largest absolute Gasteiger partial charge is 0.492 e. The van der Waals surface area contributed by atoms with Crippen LogP contribution >= 0.6 is 0 Å². The number of nitrogens with zero attached hydrogens (tertiary/aromatic N) is 4. The summed E-state index contributed by atoms with van der Waals surface area (Å²) in [4.78, 5) is 9.16. The predicted molar refractivity (Wildman–Crippen MR) is 110 cm³/mol. The van der Waals surface area contributed by atoms with Crippen LogP contribution in [0.15, 0.2) is 23.2 Å². The van der Waals surface area contributed by atoms with Gasteiger partial charge in [-0.05, 0) is 25.5 Å². The number of guanidine groups is 1. The van der Waals surface area contributed by atoms with Gasteiger partial charge >= 0.3 is 0 Å². The van der Waals surface area contributed by atoms with Gasteiger partial charge in [0.05, 0.1) is 13.1 Å². The van der Waals surface area contributed by atoms with Crippen LogP contribution in [0, 0.1) is 0 Å². The monoisotopic (exact) mass is 416 g/mol. The maximum atomic E-state index is 5.79. The first-order valence-corrected chi connectivity index (χ1v) is 10.2. The fourth-order valence-corrected chi connectivity index (χ4v) is 3.47. The molecule has 0 radical (unpaired) electrons. The minimum Gasteiger partial charge on any atom is -0.492 e. The predicted octanol–water partition coefficient (Wildman–Crippen LogP) is 1.10. The molecular formula is C20H28N6O4. The molecule has 2 aliphatic rings. The summed E-state index contributed by atoms with van der Waals surface area (Å²) in [6.45, 7) is 5.28. The standard InChI is InChI=1S/C20H28N6O4/c1-3-21-20(22-8-9-28-15-5-6-16-17(10-15)30-13-29-16)23-14-4-7-19-24-18(12-27-2)25-26(19)11-14/h5-6,10,14H,3-4,7-9,11-13H2,1-2H3,(H2,21,22,23). The summed E-state index contributed by atoms with van der Waals surface area (Å²) in [6.07, 6.45) is 1.85. The molecule has 0 saturated heterocycles. The lowest BCUT2D eigenvalue weighted by Crippen LogP contribution is -2.47. The van der Waals surface area contributed by atoms with Crippen molar-refractivity contribution in [1.29, 1.82) is 0 Å². The number of rotatable bonds is 8. The zero-order valence-electron chi connectivity index (χ0n) is 17.4. The third-order valence-corrected chi connectivity index (χ3v) is 4.83. The van der Waals surface area contributed by atoms with E-state index in [-0.39, 0.29) is 12.8 Å². The summed E-state index contributed by atoms with van der Waals surface area (Å²) in [7, 11) is 1.65. The van der Waals surface area contributed by atoms with Gasteiger partial charge in [-0.3, -0.25) is 0 Å². The van der Waals surface area contributed by atoms with Crippen LogP contribution in [-0.2, 0) is 24.3 Å². The van der Waals surface area contributed by atoms with E-state index in [1.165, 1.54) is 0 Å². The summed E-state index contributed by atoms with van der Waals surface area (Å²) >= 11 is 0. The number of aryl methyl sites for hydroxylation is 1. The number of aliphatic imine (C=N–C) groups is 1. The third-order valence-electron chi connectivity index (χ3n) is 4.83. The number of benzene rings is 1. The van der Waals surface area contributed by atoms with Crippen LogP contribution in [-0.4, -0.2) is 60.4 Å². The highest BCUT2D eigenvalue weighted by atomic mass is 16.7. The second-order valence-electron chi connectivity index (χ2n) is 7.06. The molecule has 3 heterocycles. The van der Waals surface area contributed by atoms with Gasteiger partial charge in [-0.2, -0.15) is 5.10 Å². The second kappa shape index (κ2) is 9.66. The van der Waals surface area contributed by atoms with Gasteiger partial charge in [-0.25, -0.2) is 14.7 Å². The Balaban J connectivity index is 1.28. The Kier molecular flexibility index (Phi) is 6.53. The highest BCUT2D eigenvalue weighted by Gasteiger charge is 2.22. The molecule has 10 nitrogen and oxygen atoms in total. The number of ether oxygens (including phenoxy) is 4. The van der Waals surface area contributed by atoms with Crippen molar-refractivity contribution in [2.24, 2.45) is 4.99 Å². The third kappa shape index (κ3) is 4.93. The van der Waals surface area contributed by atoms with Crippen LogP contribution in [0.25, 0.3) is 0 Å². The Labute approximate surface area is 175 Å². The molecule has 0 aliphatic carbocycles.